The first kappa shape index (κ1) is 18.0. The zero-order valence-electron chi connectivity index (χ0n) is 12.6. The second-order valence-corrected chi connectivity index (χ2v) is 7.11. The Bertz CT molecular complexity index is 821. The molecule has 24 heavy (non-hydrogen) atoms. The minimum absolute atomic E-state index is 0.284. The highest BCUT2D eigenvalue weighted by atomic mass is 32.2. The van der Waals surface area contributed by atoms with E-state index in [4.69, 9.17) is 0 Å². The van der Waals surface area contributed by atoms with Crippen molar-refractivity contribution < 1.29 is 27.1 Å². The fourth-order valence-electron chi connectivity index (χ4n) is 2.05. The van der Waals surface area contributed by atoms with Gasteiger partial charge in [-0.2, -0.15) is 8.78 Å². The van der Waals surface area contributed by atoms with Crippen molar-refractivity contribution in [2.75, 3.05) is 5.32 Å². The molecular formula is C16H15F2NO4S. The van der Waals surface area contributed by atoms with Crippen LogP contribution in [0.5, 0.6) is 0 Å². The van der Waals surface area contributed by atoms with Gasteiger partial charge in [0.1, 0.15) is 0 Å². The lowest BCUT2D eigenvalue weighted by Gasteiger charge is -2.23. The molecule has 0 bridgehead atoms. The molecule has 0 radical (unpaired) electrons. The van der Waals surface area contributed by atoms with Crippen molar-refractivity contribution in [3.63, 3.8) is 0 Å². The zero-order valence-corrected chi connectivity index (χ0v) is 13.4. The van der Waals surface area contributed by atoms with E-state index in [1.807, 2.05) is 0 Å². The van der Waals surface area contributed by atoms with E-state index in [-0.39, 0.29) is 11.5 Å². The number of carbonyl (C=O) groups is 1. The van der Waals surface area contributed by atoms with Crippen LogP contribution in [0.1, 0.15) is 18.6 Å². The molecule has 1 unspecified atom stereocenters. The minimum Gasteiger partial charge on any atom is -0.381 e. The van der Waals surface area contributed by atoms with Crippen molar-refractivity contribution in [3.05, 3.63) is 60.2 Å². The third-order valence-corrected chi connectivity index (χ3v) is 5.11. The number of nitrogens with one attached hydrogen (secondary N) is 1. The van der Waals surface area contributed by atoms with Crippen molar-refractivity contribution >= 4 is 21.4 Å². The number of benzene rings is 2. The lowest BCUT2D eigenvalue weighted by atomic mass is 10.1. The summed E-state index contributed by atoms with van der Waals surface area (Å²) in [5.74, 6) is -0.347. The van der Waals surface area contributed by atoms with Crippen LogP contribution in [0, 0.1) is 0 Å². The molecule has 0 aliphatic carbocycles. The fourth-order valence-corrected chi connectivity index (χ4v) is 3.31. The quantitative estimate of drug-likeness (QED) is 0.864. The van der Waals surface area contributed by atoms with Crippen LogP contribution < -0.4 is 5.32 Å². The van der Waals surface area contributed by atoms with Crippen LogP contribution in [-0.4, -0.2) is 24.7 Å². The van der Waals surface area contributed by atoms with Crippen LogP contribution in [0.4, 0.5) is 14.5 Å². The normalized spacial score (nSPS) is 13.3. The average Bonchev–Trinajstić information content (AvgIpc) is 2.55. The van der Waals surface area contributed by atoms with Gasteiger partial charge in [0.2, 0.25) is 15.7 Å². The van der Waals surface area contributed by atoms with Gasteiger partial charge < -0.3 is 10.4 Å². The predicted molar refractivity (Wildman–Crippen MR) is 84.3 cm³/mol. The maximum absolute atomic E-state index is 14.4. The number of rotatable bonds is 5. The molecule has 1 atom stereocenters. The molecule has 0 aliphatic heterocycles. The number of carbonyl (C=O) groups excluding carboxylic acids is 1. The lowest BCUT2D eigenvalue weighted by molar-refractivity contribution is -0.114. The average molecular weight is 355 g/mol. The molecule has 0 saturated heterocycles. The molecular weight excluding hydrogens is 340 g/mol. The number of hydrogen-bond acceptors (Lipinski definition) is 4. The number of aliphatic hydroxyl groups is 1. The summed E-state index contributed by atoms with van der Waals surface area (Å²) >= 11 is 0. The fraction of sp³-hybridized carbons (Fsp3) is 0.188. The Labute approximate surface area is 137 Å². The highest BCUT2D eigenvalue weighted by molar-refractivity contribution is 7.92. The Balaban J connectivity index is 2.33. The molecule has 2 rings (SSSR count). The Hall–Kier alpha value is -2.32. The largest absolute Gasteiger partial charge is 0.381 e. The Morgan fingerprint density at radius 3 is 2.12 bits per heavy atom. The number of amides is 1. The molecule has 5 nitrogen and oxygen atoms in total. The number of anilines is 1. The molecule has 128 valence electrons. The summed E-state index contributed by atoms with van der Waals surface area (Å²) in [6, 6.07) is 11.1. The van der Waals surface area contributed by atoms with Gasteiger partial charge >= 0.3 is 5.25 Å². The number of sulfone groups is 1. The van der Waals surface area contributed by atoms with Gasteiger partial charge in [-0.05, 0) is 29.8 Å². The van der Waals surface area contributed by atoms with Gasteiger partial charge in [0.05, 0.1) is 4.90 Å². The molecule has 0 aromatic heterocycles. The van der Waals surface area contributed by atoms with Crippen molar-refractivity contribution in [1.82, 2.24) is 0 Å². The van der Waals surface area contributed by atoms with Crippen LogP contribution in [-0.2, 0) is 14.6 Å². The SMILES string of the molecule is CC(=O)Nc1ccc(C(O)C(F)(F)S(=O)(=O)c2ccccc2)cc1. The van der Waals surface area contributed by atoms with Gasteiger partial charge in [-0.15, -0.1) is 0 Å². The maximum atomic E-state index is 14.4. The molecule has 0 saturated carbocycles. The first-order chi connectivity index (χ1) is 11.2. The van der Waals surface area contributed by atoms with Gasteiger partial charge in [0.25, 0.3) is 0 Å². The molecule has 1 amide bonds. The standard InChI is InChI=1S/C16H15F2NO4S/c1-11(20)19-13-9-7-12(8-10-13)15(21)16(17,18)24(22,23)14-5-3-2-4-6-14/h2-10,15,21H,1H3,(H,19,20). The molecule has 0 heterocycles. The van der Waals surface area contributed by atoms with Crippen molar-refractivity contribution in [3.8, 4) is 0 Å². The van der Waals surface area contributed by atoms with E-state index >= 15 is 0 Å². The van der Waals surface area contributed by atoms with Gasteiger partial charge in [-0.1, -0.05) is 30.3 Å². The van der Waals surface area contributed by atoms with Crippen molar-refractivity contribution in [2.45, 2.75) is 23.2 Å². The van der Waals surface area contributed by atoms with Crippen molar-refractivity contribution in [2.24, 2.45) is 0 Å². The number of aliphatic hydroxyl groups excluding tert-OH is 1. The molecule has 2 N–H and O–H groups in total. The van der Waals surface area contributed by atoms with Crippen LogP contribution in [0.3, 0.4) is 0 Å². The Morgan fingerprint density at radius 1 is 1.08 bits per heavy atom. The maximum Gasteiger partial charge on any atom is 0.379 e. The molecule has 0 aliphatic rings. The van der Waals surface area contributed by atoms with E-state index in [1.165, 1.54) is 37.3 Å². The van der Waals surface area contributed by atoms with E-state index in [1.54, 1.807) is 0 Å². The summed E-state index contributed by atoms with van der Waals surface area (Å²) in [6.07, 6.45) is -2.55. The summed E-state index contributed by atoms with van der Waals surface area (Å²) in [4.78, 5) is 10.3. The summed E-state index contributed by atoms with van der Waals surface area (Å²) in [5, 5.41) is 7.93. The molecule has 2 aromatic carbocycles. The lowest BCUT2D eigenvalue weighted by Crippen LogP contribution is -2.35. The van der Waals surface area contributed by atoms with Gasteiger partial charge in [0, 0.05) is 12.6 Å². The monoisotopic (exact) mass is 355 g/mol. The molecule has 8 heteroatoms. The second kappa shape index (κ2) is 6.66. The van der Waals surface area contributed by atoms with E-state index in [0.29, 0.717) is 5.69 Å². The molecule has 0 spiro atoms. The smallest absolute Gasteiger partial charge is 0.379 e. The highest BCUT2D eigenvalue weighted by Gasteiger charge is 2.53. The number of alkyl halides is 2. The topological polar surface area (TPSA) is 83.5 Å². The third-order valence-electron chi connectivity index (χ3n) is 3.28. The van der Waals surface area contributed by atoms with Gasteiger partial charge in [-0.25, -0.2) is 8.42 Å². The predicted octanol–water partition coefficient (Wildman–Crippen LogP) is 2.75. The van der Waals surface area contributed by atoms with E-state index in [9.17, 15) is 27.1 Å². The summed E-state index contributed by atoms with van der Waals surface area (Å²) in [5.41, 5.74) is 0.0568. The van der Waals surface area contributed by atoms with E-state index in [0.717, 1.165) is 24.3 Å². The minimum atomic E-state index is -5.07. The van der Waals surface area contributed by atoms with Crippen LogP contribution >= 0.6 is 0 Å². The number of halogens is 2. The van der Waals surface area contributed by atoms with Crippen LogP contribution in [0.2, 0.25) is 0 Å². The summed E-state index contributed by atoms with van der Waals surface area (Å²) in [7, 11) is -5.07. The van der Waals surface area contributed by atoms with Gasteiger partial charge in [-0.3, -0.25) is 4.79 Å². The summed E-state index contributed by atoms with van der Waals surface area (Å²) in [6.45, 7) is 1.28. The Kier molecular flexibility index (Phi) is 5.00. The van der Waals surface area contributed by atoms with E-state index in [2.05, 4.69) is 5.32 Å². The third kappa shape index (κ3) is 3.44. The first-order valence-electron chi connectivity index (χ1n) is 6.89. The van der Waals surface area contributed by atoms with Gasteiger partial charge in [0.15, 0.2) is 6.10 Å². The first-order valence-corrected chi connectivity index (χ1v) is 8.37. The molecule has 0 fully saturated rings. The van der Waals surface area contributed by atoms with Crippen LogP contribution in [0.25, 0.3) is 0 Å². The zero-order chi connectivity index (χ0) is 18.0. The Morgan fingerprint density at radius 2 is 1.62 bits per heavy atom. The summed E-state index contributed by atoms with van der Waals surface area (Å²) < 4.78 is 53.0. The molecule has 2 aromatic rings. The van der Waals surface area contributed by atoms with Crippen LogP contribution in [0.15, 0.2) is 59.5 Å². The van der Waals surface area contributed by atoms with Crippen molar-refractivity contribution in [1.29, 1.82) is 0 Å². The highest BCUT2D eigenvalue weighted by Crippen LogP contribution is 2.40. The second-order valence-electron chi connectivity index (χ2n) is 5.08. The van der Waals surface area contributed by atoms with E-state index < -0.39 is 26.1 Å². The number of hydrogen-bond donors (Lipinski definition) is 2.